The van der Waals surface area contributed by atoms with Crippen molar-refractivity contribution in [3.05, 3.63) is 60.3 Å². The maximum absolute atomic E-state index is 11.0. The average molecular weight is 341 g/mol. The van der Waals surface area contributed by atoms with Crippen LogP contribution in [0.2, 0.25) is 0 Å². The van der Waals surface area contributed by atoms with Crippen LogP contribution in [0.25, 0.3) is 0 Å². The van der Waals surface area contributed by atoms with Crippen molar-refractivity contribution < 1.29 is 14.6 Å². The molecule has 0 radical (unpaired) electrons. The number of nitrogens with one attached hydrogen (secondary N) is 1. The van der Waals surface area contributed by atoms with E-state index in [1.54, 1.807) is 25.4 Å². The van der Waals surface area contributed by atoms with Crippen LogP contribution in [0, 0.1) is 0 Å². The lowest BCUT2D eigenvalue weighted by atomic mass is 10.2. The highest BCUT2D eigenvalue weighted by molar-refractivity contribution is 6.03. The van der Waals surface area contributed by atoms with E-state index < -0.39 is 0 Å². The topological polar surface area (TPSA) is 83.8 Å². The Kier molecular flexibility index (Phi) is 9.25. The molecule has 0 spiro atoms. The Hall–Kier alpha value is -2.99. The second kappa shape index (κ2) is 11.5. The normalized spacial score (nSPS) is 10.8. The fourth-order valence-electron chi connectivity index (χ4n) is 1.85. The summed E-state index contributed by atoms with van der Waals surface area (Å²) in [6.07, 6.45) is 7.24. The molecule has 25 heavy (non-hydrogen) atoms. The van der Waals surface area contributed by atoms with Gasteiger partial charge >= 0.3 is 0 Å². The predicted molar refractivity (Wildman–Crippen MR) is 101 cm³/mol. The van der Waals surface area contributed by atoms with Gasteiger partial charge in [-0.2, -0.15) is 0 Å². The molecule has 0 amide bonds. The minimum atomic E-state index is 0.296. The average Bonchev–Trinajstić information content (AvgIpc) is 2.68. The summed E-state index contributed by atoms with van der Waals surface area (Å²) in [5, 5.41) is 10.2. The van der Waals surface area contributed by atoms with Crippen LogP contribution in [0.1, 0.15) is 23.7 Å². The van der Waals surface area contributed by atoms with Gasteiger partial charge in [0.2, 0.25) is 5.88 Å². The van der Waals surface area contributed by atoms with E-state index in [0.29, 0.717) is 17.2 Å². The minimum Gasteiger partial charge on any atom is -0.438 e. The van der Waals surface area contributed by atoms with Gasteiger partial charge in [0.25, 0.3) is 0 Å². The SMILES string of the molecule is CC/C=C\C(=NC)Nc1ccc(Oc2ncccc2C=O)cc1.CO. The zero-order valence-corrected chi connectivity index (χ0v) is 14.6. The van der Waals surface area contributed by atoms with Crippen LogP contribution in [0.4, 0.5) is 5.69 Å². The number of anilines is 1. The van der Waals surface area contributed by atoms with Gasteiger partial charge in [-0.15, -0.1) is 0 Å². The van der Waals surface area contributed by atoms with Crippen molar-refractivity contribution in [1.29, 1.82) is 0 Å². The van der Waals surface area contributed by atoms with E-state index >= 15 is 0 Å². The fourth-order valence-corrected chi connectivity index (χ4v) is 1.85. The Balaban J connectivity index is 0.00000151. The number of aliphatic hydroxyl groups is 1. The first-order chi connectivity index (χ1) is 12.3. The van der Waals surface area contributed by atoms with Gasteiger partial charge in [-0.1, -0.05) is 13.0 Å². The molecule has 0 unspecified atom stereocenters. The van der Waals surface area contributed by atoms with Gasteiger partial charge in [-0.05, 0) is 48.9 Å². The number of carbonyl (C=O) groups is 1. The number of allylic oxidation sites excluding steroid dienone is 1. The molecular weight excluding hydrogens is 318 g/mol. The lowest BCUT2D eigenvalue weighted by Crippen LogP contribution is -2.08. The van der Waals surface area contributed by atoms with Crippen molar-refractivity contribution in [1.82, 2.24) is 4.98 Å². The van der Waals surface area contributed by atoms with Gasteiger partial charge in [-0.3, -0.25) is 9.79 Å². The summed E-state index contributed by atoms with van der Waals surface area (Å²) in [6, 6.07) is 10.7. The zero-order chi connectivity index (χ0) is 18.5. The van der Waals surface area contributed by atoms with E-state index in [0.717, 1.165) is 31.3 Å². The van der Waals surface area contributed by atoms with E-state index in [-0.39, 0.29) is 0 Å². The Bertz CT molecular complexity index is 710. The van der Waals surface area contributed by atoms with E-state index in [1.807, 2.05) is 36.4 Å². The van der Waals surface area contributed by atoms with E-state index in [2.05, 4.69) is 22.2 Å². The Labute approximate surface area is 147 Å². The molecular formula is C19H23N3O3. The number of benzene rings is 1. The van der Waals surface area contributed by atoms with Crippen LogP contribution in [-0.2, 0) is 0 Å². The standard InChI is InChI=1S/C18H19N3O2.CH4O/c1-3-4-7-17(19-2)21-15-8-10-16(11-9-15)23-18-14(13-22)6-5-12-20-18;1-2/h4-13H,3H2,1-2H3,(H,19,21);2H,1H3/b7-4-;. The van der Waals surface area contributed by atoms with Gasteiger partial charge in [0.1, 0.15) is 11.6 Å². The summed E-state index contributed by atoms with van der Waals surface area (Å²) in [6.45, 7) is 2.07. The maximum atomic E-state index is 11.0. The summed E-state index contributed by atoms with van der Waals surface area (Å²) in [5.74, 6) is 1.69. The van der Waals surface area contributed by atoms with Gasteiger partial charge in [-0.25, -0.2) is 4.98 Å². The van der Waals surface area contributed by atoms with Crippen molar-refractivity contribution in [2.45, 2.75) is 13.3 Å². The molecule has 1 heterocycles. The molecule has 0 aliphatic rings. The van der Waals surface area contributed by atoms with Crippen LogP contribution >= 0.6 is 0 Å². The third-order valence-corrected chi connectivity index (χ3v) is 3.02. The number of aliphatic hydroxyl groups excluding tert-OH is 1. The number of hydrogen-bond acceptors (Lipinski definition) is 5. The van der Waals surface area contributed by atoms with Crippen molar-refractivity contribution in [2.24, 2.45) is 4.99 Å². The van der Waals surface area contributed by atoms with Crippen LogP contribution in [0.15, 0.2) is 59.7 Å². The third-order valence-electron chi connectivity index (χ3n) is 3.02. The molecule has 0 atom stereocenters. The van der Waals surface area contributed by atoms with E-state index in [9.17, 15) is 4.79 Å². The Morgan fingerprint density at radius 2 is 2.00 bits per heavy atom. The number of aliphatic imine (C=N–C) groups is 1. The predicted octanol–water partition coefficient (Wildman–Crippen LogP) is 3.70. The van der Waals surface area contributed by atoms with Crippen molar-refractivity contribution >= 4 is 17.8 Å². The second-order valence-electron chi connectivity index (χ2n) is 4.69. The number of carbonyl (C=O) groups excluding carboxylic acids is 1. The molecule has 1 aromatic heterocycles. The molecule has 0 aliphatic heterocycles. The number of ether oxygens (including phenoxy) is 1. The highest BCUT2D eigenvalue weighted by Gasteiger charge is 2.05. The lowest BCUT2D eigenvalue weighted by Gasteiger charge is -2.09. The molecule has 0 saturated heterocycles. The molecule has 2 N–H and O–H groups in total. The number of hydrogen-bond donors (Lipinski definition) is 2. The van der Waals surface area contributed by atoms with Gasteiger partial charge < -0.3 is 15.2 Å². The molecule has 6 heteroatoms. The van der Waals surface area contributed by atoms with Crippen LogP contribution in [0.3, 0.4) is 0 Å². The monoisotopic (exact) mass is 341 g/mol. The summed E-state index contributed by atoms with van der Waals surface area (Å²) in [7, 11) is 2.74. The van der Waals surface area contributed by atoms with Gasteiger partial charge in [0, 0.05) is 26.0 Å². The molecule has 1 aromatic carbocycles. The largest absolute Gasteiger partial charge is 0.438 e. The molecule has 0 bridgehead atoms. The minimum absolute atomic E-state index is 0.296. The van der Waals surface area contributed by atoms with Crippen LogP contribution in [0.5, 0.6) is 11.6 Å². The van der Waals surface area contributed by atoms with Crippen LogP contribution in [-0.4, -0.2) is 36.4 Å². The maximum Gasteiger partial charge on any atom is 0.229 e. The quantitative estimate of drug-likeness (QED) is 0.475. The van der Waals surface area contributed by atoms with Gasteiger partial charge in [0.05, 0.1) is 5.56 Å². The molecule has 0 fully saturated rings. The number of amidine groups is 1. The first-order valence-corrected chi connectivity index (χ1v) is 7.80. The number of rotatable bonds is 6. The second-order valence-corrected chi connectivity index (χ2v) is 4.69. The molecule has 6 nitrogen and oxygen atoms in total. The molecule has 0 saturated carbocycles. The van der Waals surface area contributed by atoms with Crippen LogP contribution < -0.4 is 10.1 Å². The molecule has 0 aliphatic carbocycles. The molecule has 2 aromatic rings. The summed E-state index contributed by atoms with van der Waals surface area (Å²) < 4.78 is 5.64. The third kappa shape index (κ3) is 6.56. The highest BCUT2D eigenvalue weighted by atomic mass is 16.5. The Morgan fingerprint density at radius 1 is 1.28 bits per heavy atom. The number of pyridine rings is 1. The first-order valence-electron chi connectivity index (χ1n) is 7.80. The fraction of sp³-hybridized carbons (Fsp3) is 0.211. The summed E-state index contributed by atoms with van der Waals surface area (Å²) in [4.78, 5) is 19.2. The van der Waals surface area contributed by atoms with Crippen molar-refractivity contribution in [3.8, 4) is 11.6 Å². The van der Waals surface area contributed by atoms with E-state index in [4.69, 9.17) is 9.84 Å². The zero-order valence-electron chi connectivity index (χ0n) is 14.6. The summed E-state index contributed by atoms with van der Waals surface area (Å²) >= 11 is 0. The molecule has 2 rings (SSSR count). The number of aromatic nitrogens is 1. The molecule has 132 valence electrons. The highest BCUT2D eigenvalue weighted by Crippen LogP contribution is 2.23. The number of aldehydes is 1. The summed E-state index contributed by atoms with van der Waals surface area (Å²) in [5.41, 5.74) is 1.31. The first kappa shape index (κ1) is 20.1. The van der Waals surface area contributed by atoms with Crippen molar-refractivity contribution in [2.75, 3.05) is 19.5 Å². The number of nitrogens with zero attached hydrogens (tertiary/aromatic N) is 2. The van der Waals surface area contributed by atoms with E-state index in [1.165, 1.54) is 0 Å². The lowest BCUT2D eigenvalue weighted by molar-refractivity contribution is 0.112. The Morgan fingerprint density at radius 3 is 2.60 bits per heavy atom. The smallest absolute Gasteiger partial charge is 0.229 e. The van der Waals surface area contributed by atoms with Gasteiger partial charge in [0.15, 0.2) is 6.29 Å². The van der Waals surface area contributed by atoms with Crippen molar-refractivity contribution in [3.63, 3.8) is 0 Å².